The van der Waals surface area contributed by atoms with Crippen molar-refractivity contribution in [2.45, 2.75) is 0 Å². The highest BCUT2D eigenvalue weighted by atomic mass is 16.7. The summed E-state index contributed by atoms with van der Waals surface area (Å²) in [6, 6.07) is 54.9. The van der Waals surface area contributed by atoms with E-state index in [4.69, 9.17) is 18.9 Å². The number of fused-ring (bicyclic) bond motifs is 7. The van der Waals surface area contributed by atoms with Crippen LogP contribution in [0.25, 0.3) is 69.1 Å². The molecule has 0 saturated carbocycles. The summed E-state index contributed by atoms with van der Waals surface area (Å²) in [7, 11) is 0. The molecule has 8 aromatic carbocycles. The standard InChI is InChI=1S/C55H38O6/c56-50(33-25-38-11-3-1-4-12-38)60-46-29-21-40(22-30-46)19-27-44-35-42-15-7-9-17-48(42)52-53-49-18-10-8-16-43(49)36-45(55(53)59-37-58-54(44)52)28-20-41-23-31-47(32-24-41)61-51(57)34-26-39-13-5-2-6-14-39/h1-36H,37H2/b27-19+,28-20+,33-25+,34-26+. The molecule has 0 spiro atoms. The average Bonchev–Trinajstić information content (AvgIpc) is 3.51. The third-order valence-electron chi connectivity index (χ3n) is 10.2. The van der Waals surface area contributed by atoms with Gasteiger partial charge in [-0.05, 0) is 92.3 Å². The maximum absolute atomic E-state index is 12.5. The van der Waals surface area contributed by atoms with Gasteiger partial charge in [0.1, 0.15) is 23.0 Å². The molecule has 0 radical (unpaired) electrons. The molecule has 0 unspecified atom stereocenters. The summed E-state index contributed by atoms with van der Waals surface area (Å²) >= 11 is 0. The Balaban J connectivity index is 1.01. The summed E-state index contributed by atoms with van der Waals surface area (Å²) in [4.78, 5) is 24.9. The summed E-state index contributed by atoms with van der Waals surface area (Å²) in [5, 5.41) is 4.21. The van der Waals surface area contributed by atoms with Crippen molar-refractivity contribution in [3.8, 4) is 34.1 Å². The lowest BCUT2D eigenvalue weighted by atomic mass is 9.88. The second-order valence-corrected chi connectivity index (χ2v) is 14.3. The third kappa shape index (κ3) is 8.94. The minimum Gasteiger partial charge on any atom is -0.456 e. The van der Waals surface area contributed by atoms with Gasteiger partial charge in [-0.3, -0.25) is 0 Å². The highest BCUT2D eigenvalue weighted by molar-refractivity contribution is 6.12. The largest absolute Gasteiger partial charge is 0.456 e. The lowest BCUT2D eigenvalue weighted by Gasteiger charge is -2.17. The molecule has 6 heteroatoms. The van der Waals surface area contributed by atoms with Gasteiger partial charge >= 0.3 is 11.9 Å². The highest BCUT2D eigenvalue weighted by Gasteiger charge is 2.26. The van der Waals surface area contributed by atoms with E-state index in [2.05, 4.69) is 36.4 Å². The van der Waals surface area contributed by atoms with Crippen molar-refractivity contribution in [3.05, 3.63) is 215 Å². The van der Waals surface area contributed by atoms with E-state index in [1.165, 1.54) is 12.2 Å². The normalized spacial score (nSPS) is 12.3. The van der Waals surface area contributed by atoms with Gasteiger partial charge in [0.25, 0.3) is 0 Å². The number of benzene rings is 8. The van der Waals surface area contributed by atoms with Crippen LogP contribution in [-0.2, 0) is 9.59 Å². The Hall–Kier alpha value is -8.22. The molecule has 6 nitrogen and oxygen atoms in total. The molecule has 0 amide bonds. The molecule has 9 rings (SSSR count). The maximum Gasteiger partial charge on any atom is 0.336 e. The summed E-state index contributed by atoms with van der Waals surface area (Å²) in [6.45, 7) is 0.00985. The van der Waals surface area contributed by atoms with Crippen LogP contribution in [0, 0.1) is 0 Å². The lowest BCUT2D eigenvalue weighted by molar-refractivity contribution is -0.129. The van der Waals surface area contributed by atoms with Gasteiger partial charge in [-0.15, -0.1) is 0 Å². The van der Waals surface area contributed by atoms with E-state index in [0.717, 1.165) is 77.6 Å². The van der Waals surface area contributed by atoms with Gasteiger partial charge in [-0.2, -0.15) is 0 Å². The van der Waals surface area contributed by atoms with Crippen LogP contribution in [0.1, 0.15) is 33.4 Å². The fourth-order valence-electron chi connectivity index (χ4n) is 7.33. The first kappa shape index (κ1) is 38.3. The Morgan fingerprint density at radius 3 is 1.21 bits per heavy atom. The van der Waals surface area contributed by atoms with Crippen LogP contribution in [0.5, 0.6) is 23.0 Å². The number of ether oxygens (including phenoxy) is 4. The number of esters is 2. The third-order valence-corrected chi connectivity index (χ3v) is 10.2. The SMILES string of the molecule is O=C(/C=C/c1ccccc1)Oc1ccc(/C=C/c2cc3ccccc3c3c2OCOc2c(/C=C/c4ccc(OC(=O)/C=C/c5ccccc5)cc4)cc4ccccc4c2-3)cc1. The van der Waals surface area contributed by atoms with Crippen molar-refractivity contribution in [1.29, 1.82) is 0 Å². The second-order valence-electron chi connectivity index (χ2n) is 14.3. The van der Waals surface area contributed by atoms with Gasteiger partial charge in [0.15, 0.2) is 0 Å². The van der Waals surface area contributed by atoms with Crippen molar-refractivity contribution in [1.82, 2.24) is 0 Å². The van der Waals surface area contributed by atoms with E-state index in [0.29, 0.717) is 11.5 Å². The molecule has 0 N–H and O–H groups in total. The van der Waals surface area contributed by atoms with Gasteiger partial charge in [-0.1, -0.05) is 158 Å². The van der Waals surface area contributed by atoms with E-state index in [9.17, 15) is 9.59 Å². The Morgan fingerprint density at radius 2 is 0.787 bits per heavy atom. The van der Waals surface area contributed by atoms with Crippen molar-refractivity contribution >= 4 is 69.9 Å². The minimum atomic E-state index is -0.446. The molecule has 1 heterocycles. The summed E-state index contributed by atoms with van der Waals surface area (Å²) in [6.07, 6.45) is 14.4. The van der Waals surface area contributed by atoms with Crippen LogP contribution >= 0.6 is 0 Å². The zero-order valence-electron chi connectivity index (χ0n) is 32.9. The lowest BCUT2D eigenvalue weighted by Crippen LogP contribution is -2.05. The number of carbonyl (C=O) groups excluding carboxylic acids is 2. The number of hydrogen-bond donors (Lipinski definition) is 0. The Kier molecular flexibility index (Phi) is 11.1. The van der Waals surface area contributed by atoms with Crippen molar-refractivity contribution in [2.75, 3.05) is 6.79 Å². The zero-order valence-corrected chi connectivity index (χ0v) is 32.9. The molecule has 0 aliphatic carbocycles. The maximum atomic E-state index is 12.5. The van der Waals surface area contributed by atoms with Crippen molar-refractivity contribution in [3.63, 3.8) is 0 Å². The Bertz CT molecular complexity index is 2790. The predicted octanol–water partition coefficient (Wildman–Crippen LogP) is 13.0. The Morgan fingerprint density at radius 1 is 0.410 bits per heavy atom. The van der Waals surface area contributed by atoms with E-state index in [-0.39, 0.29) is 6.79 Å². The van der Waals surface area contributed by atoms with Crippen molar-refractivity contribution in [2.24, 2.45) is 0 Å². The molecular formula is C55H38O6. The highest BCUT2D eigenvalue weighted by Crippen LogP contribution is 2.50. The average molecular weight is 795 g/mol. The van der Waals surface area contributed by atoms with E-state index in [1.54, 1.807) is 36.4 Å². The van der Waals surface area contributed by atoms with Gasteiger partial charge in [0.2, 0.25) is 6.79 Å². The Labute approximate surface area is 353 Å². The molecule has 0 atom stereocenters. The molecule has 8 aromatic rings. The molecule has 0 fully saturated rings. The molecule has 61 heavy (non-hydrogen) atoms. The van der Waals surface area contributed by atoms with E-state index >= 15 is 0 Å². The van der Waals surface area contributed by atoms with Crippen LogP contribution < -0.4 is 18.9 Å². The smallest absolute Gasteiger partial charge is 0.336 e. The van der Waals surface area contributed by atoms with Crippen LogP contribution in [-0.4, -0.2) is 18.7 Å². The van der Waals surface area contributed by atoms with E-state index in [1.807, 2.05) is 133 Å². The molecule has 0 aromatic heterocycles. The summed E-state index contributed by atoms with van der Waals surface area (Å²) < 4.78 is 24.1. The topological polar surface area (TPSA) is 71.1 Å². The molecule has 0 saturated heterocycles. The summed E-state index contributed by atoms with van der Waals surface area (Å²) in [5.74, 6) is 1.47. The second kappa shape index (κ2) is 17.7. The summed E-state index contributed by atoms with van der Waals surface area (Å²) in [5.41, 5.74) is 7.40. The van der Waals surface area contributed by atoms with Crippen LogP contribution in [0.4, 0.5) is 0 Å². The zero-order chi connectivity index (χ0) is 41.4. The first-order valence-corrected chi connectivity index (χ1v) is 19.9. The fourth-order valence-corrected chi connectivity index (χ4v) is 7.33. The minimum absolute atomic E-state index is 0.00985. The van der Waals surface area contributed by atoms with E-state index < -0.39 is 11.9 Å². The van der Waals surface area contributed by atoms with Crippen LogP contribution in [0.15, 0.2) is 182 Å². The van der Waals surface area contributed by atoms with Crippen LogP contribution in [0.3, 0.4) is 0 Å². The van der Waals surface area contributed by atoms with Crippen LogP contribution in [0.2, 0.25) is 0 Å². The monoisotopic (exact) mass is 794 g/mol. The molecule has 0 bridgehead atoms. The van der Waals surface area contributed by atoms with Gasteiger partial charge < -0.3 is 18.9 Å². The number of rotatable bonds is 10. The molecule has 1 aliphatic rings. The predicted molar refractivity (Wildman–Crippen MR) is 246 cm³/mol. The molecule has 1 aliphatic heterocycles. The number of hydrogen-bond acceptors (Lipinski definition) is 6. The first-order valence-electron chi connectivity index (χ1n) is 19.9. The first-order chi connectivity index (χ1) is 30.0. The fraction of sp³-hybridized carbons (Fsp3) is 0.0182. The van der Waals surface area contributed by atoms with Gasteiger partial charge in [0, 0.05) is 34.4 Å². The van der Waals surface area contributed by atoms with Gasteiger partial charge in [0.05, 0.1) is 0 Å². The van der Waals surface area contributed by atoms with Gasteiger partial charge in [-0.25, -0.2) is 9.59 Å². The molecule has 294 valence electrons. The number of carbonyl (C=O) groups is 2. The molecular weight excluding hydrogens is 757 g/mol. The quantitative estimate of drug-likeness (QED) is 0.0594. The van der Waals surface area contributed by atoms with Crippen molar-refractivity contribution < 1.29 is 28.5 Å².